The summed E-state index contributed by atoms with van der Waals surface area (Å²) in [7, 11) is 0. The fourth-order valence-electron chi connectivity index (χ4n) is 1.09. The number of aliphatic hydroxyl groups is 1. The van der Waals surface area contributed by atoms with Gasteiger partial charge in [-0.1, -0.05) is 18.2 Å². The molecule has 2 atom stereocenters. The molecule has 4 heteroatoms. The average molecular weight is 194 g/mol. The van der Waals surface area contributed by atoms with Gasteiger partial charge in [0.2, 0.25) is 0 Å². The SMILES string of the molecule is CC(O)C(Nc1ccccc1)C(=O)[O-]. The van der Waals surface area contributed by atoms with Crippen LogP contribution in [-0.4, -0.2) is 23.2 Å². The van der Waals surface area contributed by atoms with Gasteiger partial charge < -0.3 is 20.3 Å². The summed E-state index contributed by atoms with van der Waals surface area (Å²) in [5.41, 5.74) is 0.641. The summed E-state index contributed by atoms with van der Waals surface area (Å²) in [6, 6.07) is 7.73. The van der Waals surface area contributed by atoms with E-state index >= 15 is 0 Å². The summed E-state index contributed by atoms with van der Waals surface area (Å²) in [5, 5.41) is 22.4. The second kappa shape index (κ2) is 4.62. The fraction of sp³-hybridized carbons (Fsp3) is 0.300. The molecule has 0 aliphatic heterocycles. The summed E-state index contributed by atoms with van der Waals surface area (Å²) in [5.74, 6) is -1.32. The van der Waals surface area contributed by atoms with E-state index in [4.69, 9.17) is 5.11 Å². The minimum atomic E-state index is -1.32. The Morgan fingerprint density at radius 2 is 2.00 bits per heavy atom. The quantitative estimate of drug-likeness (QED) is 0.684. The van der Waals surface area contributed by atoms with Crippen LogP contribution in [0.3, 0.4) is 0 Å². The van der Waals surface area contributed by atoms with E-state index in [0.717, 1.165) is 0 Å². The number of aliphatic hydroxyl groups excluding tert-OH is 1. The van der Waals surface area contributed by atoms with Crippen molar-refractivity contribution in [3.63, 3.8) is 0 Å². The highest BCUT2D eigenvalue weighted by atomic mass is 16.4. The Morgan fingerprint density at radius 3 is 2.43 bits per heavy atom. The van der Waals surface area contributed by atoms with Crippen LogP contribution < -0.4 is 10.4 Å². The average Bonchev–Trinajstić information content (AvgIpc) is 2.15. The summed E-state index contributed by atoms with van der Waals surface area (Å²) in [6.07, 6.45) is -1.000. The summed E-state index contributed by atoms with van der Waals surface area (Å²) < 4.78 is 0. The van der Waals surface area contributed by atoms with Gasteiger partial charge in [-0.05, 0) is 19.1 Å². The van der Waals surface area contributed by atoms with E-state index in [1.807, 2.05) is 6.07 Å². The first-order valence-electron chi connectivity index (χ1n) is 4.32. The molecule has 0 bridgehead atoms. The topological polar surface area (TPSA) is 72.4 Å². The maximum absolute atomic E-state index is 10.6. The van der Waals surface area contributed by atoms with E-state index in [1.54, 1.807) is 24.3 Å². The highest BCUT2D eigenvalue weighted by Gasteiger charge is 2.15. The standard InChI is InChI=1S/C10H13NO3/c1-7(12)9(10(13)14)11-8-5-3-2-4-6-8/h2-7,9,11-12H,1H3,(H,13,14)/p-1. The zero-order valence-electron chi connectivity index (χ0n) is 7.81. The first kappa shape index (κ1) is 10.5. The lowest BCUT2D eigenvalue weighted by atomic mass is 10.1. The third kappa shape index (κ3) is 2.74. The summed E-state index contributed by atoms with van der Waals surface area (Å²) in [6.45, 7) is 1.40. The van der Waals surface area contributed by atoms with Crippen LogP contribution >= 0.6 is 0 Å². The van der Waals surface area contributed by atoms with E-state index < -0.39 is 18.1 Å². The van der Waals surface area contributed by atoms with Gasteiger partial charge in [0.05, 0.1) is 18.1 Å². The van der Waals surface area contributed by atoms with Gasteiger partial charge in [0, 0.05) is 5.69 Å². The molecule has 2 unspecified atom stereocenters. The Kier molecular flexibility index (Phi) is 3.48. The Morgan fingerprint density at radius 1 is 1.43 bits per heavy atom. The lowest BCUT2D eigenvalue weighted by Gasteiger charge is -2.23. The number of anilines is 1. The number of hydrogen-bond acceptors (Lipinski definition) is 4. The molecule has 0 spiro atoms. The third-order valence-corrected chi connectivity index (χ3v) is 1.83. The van der Waals surface area contributed by atoms with Gasteiger partial charge >= 0.3 is 0 Å². The molecular formula is C10H12NO3-. The number of rotatable bonds is 4. The molecule has 1 rings (SSSR count). The molecule has 0 heterocycles. The van der Waals surface area contributed by atoms with Crippen LogP contribution in [-0.2, 0) is 4.79 Å². The normalized spacial score (nSPS) is 14.4. The minimum absolute atomic E-state index is 0.641. The molecule has 0 aliphatic carbocycles. The molecule has 0 radical (unpaired) electrons. The van der Waals surface area contributed by atoms with E-state index in [9.17, 15) is 9.90 Å². The molecule has 0 aliphatic rings. The van der Waals surface area contributed by atoms with Gasteiger partial charge in [-0.15, -0.1) is 0 Å². The van der Waals surface area contributed by atoms with Crippen LogP contribution in [0, 0.1) is 0 Å². The van der Waals surface area contributed by atoms with Crippen LogP contribution in [0.2, 0.25) is 0 Å². The van der Waals surface area contributed by atoms with Gasteiger partial charge in [-0.25, -0.2) is 0 Å². The number of hydrogen-bond donors (Lipinski definition) is 2. The summed E-state index contributed by atoms with van der Waals surface area (Å²) >= 11 is 0. The number of carboxylic acid groups (broad SMARTS) is 1. The van der Waals surface area contributed by atoms with Gasteiger partial charge in [-0.2, -0.15) is 0 Å². The van der Waals surface area contributed by atoms with Gasteiger partial charge in [0.15, 0.2) is 0 Å². The molecule has 0 amide bonds. The first-order valence-corrected chi connectivity index (χ1v) is 4.32. The molecule has 0 aromatic heterocycles. The summed E-state index contributed by atoms with van der Waals surface area (Å²) in [4.78, 5) is 10.6. The van der Waals surface area contributed by atoms with E-state index in [-0.39, 0.29) is 0 Å². The lowest BCUT2D eigenvalue weighted by molar-refractivity contribution is -0.308. The molecule has 1 aromatic rings. The van der Waals surface area contributed by atoms with Crippen LogP contribution in [0.15, 0.2) is 30.3 Å². The lowest BCUT2D eigenvalue weighted by Crippen LogP contribution is -2.47. The monoisotopic (exact) mass is 194 g/mol. The molecule has 0 fully saturated rings. The Balaban J connectivity index is 2.70. The number of carbonyl (C=O) groups excluding carboxylic acids is 1. The predicted molar refractivity (Wildman–Crippen MR) is 50.5 cm³/mol. The molecule has 76 valence electrons. The van der Waals surface area contributed by atoms with Crippen molar-refractivity contribution in [2.24, 2.45) is 0 Å². The second-order valence-corrected chi connectivity index (χ2v) is 3.05. The zero-order valence-corrected chi connectivity index (χ0v) is 7.81. The van der Waals surface area contributed by atoms with Crippen molar-refractivity contribution in [2.75, 3.05) is 5.32 Å². The minimum Gasteiger partial charge on any atom is -0.548 e. The molecular weight excluding hydrogens is 182 g/mol. The Bertz CT molecular complexity index is 297. The van der Waals surface area contributed by atoms with Crippen LogP contribution in [0.25, 0.3) is 0 Å². The van der Waals surface area contributed by atoms with E-state index in [0.29, 0.717) is 5.69 Å². The molecule has 4 nitrogen and oxygen atoms in total. The molecule has 1 aromatic carbocycles. The Hall–Kier alpha value is -1.55. The number of carbonyl (C=O) groups is 1. The fourth-order valence-corrected chi connectivity index (χ4v) is 1.09. The van der Waals surface area contributed by atoms with Gasteiger partial charge in [-0.3, -0.25) is 0 Å². The van der Waals surface area contributed by atoms with Crippen LogP contribution in [0.4, 0.5) is 5.69 Å². The number of nitrogens with one attached hydrogen (secondary N) is 1. The number of para-hydroxylation sites is 1. The highest BCUT2D eigenvalue weighted by Crippen LogP contribution is 2.08. The van der Waals surface area contributed by atoms with Crippen molar-refractivity contribution in [3.05, 3.63) is 30.3 Å². The van der Waals surface area contributed by atoms with Crippen molar-refractivity contribution in [2.45, 2.75) is 19.1 Å². The van der Waals surface area contributed by atoms with Crippen LogP contribution in [0.1, 0.15) is 6.92 Å². The van der Waals surface area contributed by atoms with Crippen LogP contribution in [0.5, 0.6) is 0 Å². The largest absolute Gasteiger partial charge is 0.548 e. The van der Waals surface area contributed by atoms with Gasteiger partial charge in [0.1, 0.15) is 0 Å². The van der Waals surface area contributed by atoms with Crippen molar-refractivity contribution in [1.82, 2.24) is 0 Å². The highest BCUT2D eigenvalue weighted by molar-refractivity contribution is 5.76. The van der Waals surface area contributed by atoms with Crippen molar-refractivity contribution in [1.29, 1.82) is 0 Å². The molecule has 2 N–H and O–H groups in total. The Labute approximate surface area is 82.2 Å². The van der Waals surface area contributed by atoms with Crippen molar-refractivity contribution in [3.8, 4) is 0 Å². The van der Waals surface area contributed by atoms with Crippen molar-refractivity contribution >= 4 is 11.7 Å². The molecule has 14 heavy (non-hydrogen) atoms. The smallest absolute Gasteiger partial charge is 0.0916 e. The first-order chi connectivity index (χ1) is 6.61. The van der Waals surface area contributed by atoms with Crippen molar-refractivity contribution < 1.29 is 15.0 Å². The number of benzene rings is 1. The second-order valence-electron chi connectivity index (χ2n) is 3.05. The third-order valence-electron chi connectivity index (χ3n) is 1.83. The van der Waals surface area contributed by atoms with Gasteiger partial charge in [0.25, 0.3) is 0 Å². The maximum atomic E-state index is 10.6. The molecule has 0 saturated heterocycles. The van der Waals surface area contributed by atoms with E-state index in [2.05, 4.69) is 5.32 Å². The van der Waals surface area contributed by atoms with E-state index in [1.165, 1.54) is 6.92 Å². The predicted octanol–water partition coefficient (Wildman–Crippen LogP) is -0.402. The zero-order chi connectivity index (χ0) is 10.6. The number of carboxylic acids is 1. The number of aliphatic carboxylic acids is 1. The maximum Gasteiger partial charge on any atom is 0.0916 e. The molecule has 0 saturated carbocycles.